The number of aliphatic hydroxyl groups is 2. The van der Waals surface area contributed by atoms with E-state index in [-0.39, 0.29) is 41.3 Å². The van der Waals surface area contributed by atoms with Gasteiger partial charge in [-0.2, -0.15) is 0 Å². The van der Waals surface area contributed by atoms with Crippen LogP contribution in [-0.2, 0) is 19.1 Å². The third-order valence-corrected chi connectivity index (χ3v) is 9.73. The summed E-state index contributed by atoms with van der Waals surface area (Å²) in [5.41, 5.74) is -1.44. The zero-order chi connectivity index (χ0) is 24.7. The molecule has 6 heteroatoms. The van der Waals surface area contributed by atoms with Crippen LogP contribution in [-0.4, -0.2) is 46.1 Å². The van der Waals surface area contributed by atoms with Crippen LogP contribution in [0.25, 0.3) is 0 Å². The third-order valence-electron chi connectivity index (χ3n) is 9.73. The Kier molecular flexibility index (Phi) is 6.96. The van der Waals surface area contributed by atoms with Crippen LogP contribution < -0.4 is 0 Å². The van der Waals surface area contributed by atoms with Gasteiger partial charge >= 0.3 is 5.97 Å². The lowest BCUT2D eigenvalue weighted by Gasteiger charge is -2.59. The lowest BCUT2D eigenvalue weighted by atomic mass is 9.46. The molecule has 0 aliphatic heterocycles. The molecule has 7 unspecified atom stereocenters. The van der Waals surface area contributed by atoms with Crippen LogP contribution in [0.5, 0.6) is 0 Å². The summed E-state index contributed by atoms with van der Waals surface area (Å²) in [6.45, 7) is 5.53. The number of fused-ring (bicyclic) bond motifs is 5. The SMILES string of the molecule is CCCCCCC(=O)OC1(C(=O)CO)CCC2C3CCC4=CC(=O)C=CC4(C)C3C(O)CC21C. The quantitative estimate of drug-likeness (QED) is 0.408. The largest absolute Gasteiger partial charge is 0.450 e. The van der Waals surface area contributed by atoms with Gasteiger partial charge in [0.25, 0.3) is 0 Å². The van der Waals surface area contributed by atoms with Gasteiger partial charge in [0, 0.05) is 23.2 Å². The maximum atomic E-state index is 13.2. The summed E-state index contributed by atoms with van der Waals surface area (Å²) >= 11 is 0. The molecule has 0 aromatic rings. The first-order valence-electron chi connectivity index (χ1n) is 13.1. The standard InChI is InChI=1S/C28H40O6/c1-4-5-6-7-8-24(33)34-28(23(32)17-29)14-12-21-20-10-9-18-15-19(30)11-13-26(18,2)25(20)22(31)16-27(21,28)3/h11,13,15,20-22,25,29,31H,4-10,12,14,16-17H2,1-3H3. The Morgan fingerprint density at radius 2 is 1.94 bits per heavy atom. The molecule has 0 amide bonds. The monoisotopic (exact) mass is 472 g/mol. The summed E-state index contributed by atoms with van der Waals surface area (Å²) in [5.74, 6) is -0.652. The Hall–Kier alpha value is -1.79. The van der Waals surface area contributed by atoms with Crippen molar-refractivity contribution in [3.8, 4) is 0 Å². The van der Waals surface area contributed by atoms with Gasteiger partial charge in [0.05, 0.1) is 6.10 Å². The van der Waals surface area contributed by atoms with Gasteiger partial charge in [0.1, 0.15) is 6.61 Å². The molecule has 0 heterocycles. The minimum atomic E-state index is -1.39. The van der Waals surface area contributed by atoms with Gasteiger partial charge in [-0.25, -0.2) is 0 Å². The summed E-state index contributed by atoms with van der Waals surface area (Å²) in [5, 5.41) is 21.4. The lowest BCUT2D eigenvalue weighted by Crippen LogP contribution is -2.63. The Bertz CT molecular complexity index is 905. The van der Waals surface area contributed by atoms with E-state index in [1.54, 1.807) is 12.2 Å². The second-order valence-electron chi connectivity index (χ2n) is 11.4. The Balaban J connectivity index is 1.63. The highest BCUT2D eigenvalue weighted by molar-refractivity contribution is 6.01. The number of Topliss-reactive ketones (excluding diaryl/α,β-unsaturated/α-hetero) is 1. The summed E-state index contributed by atoms with van der Waals surface area (Å²) in [4.78, 5) is 38.1. The molecule has 4 aliphatic rings. The zero-order valence-corrected chi connectivity index (χ0v) is 20.8. The van der Waals surface area contributed by atoms with Gasteiger partial charge in [-0.15, -0.1) is 0 Å². The Morgan fingerprint density at radius 3 is 2.65 bits per heavy atom. The first-order chi connectivity index (χ1) is 16.1. The summed E-state index contributed by atoms with van der Waals surface area (Å²) in [6.07, 6.45) is 11.7. The number of ketones is 2. The van der Waals surface area contributed by atoms with Gasteiger partial charge in [0.2, 0.25) is 5.78 Å². The molecule has 34 heavy (non-hydrogen) atoms. The fourth-order valence-electron chi connectivity index (χ4n) is 8.07. The Morgan fingerprint density at radius 1 is 1.18 bits per heavy atom. The van der Waals surface area contributed by atoms with Crippen molar-refractivity contribution in [2.24, 2.45) is 28.6 Å². The maximum absolute atomic E-state index is 13.2. The number of ether oxygens (including phenoxy) is 1. The number of hydrogen-bond acceptors (Lipinski definition) is 6. The van der Waals surface area contributed by atoms with Gasteiger partial charge in [0.15, 0.2) is 11.4 Å². The lowest BCUT2D eigenvalue weighted by molar-refractivity contribution is -0.200. The van der Waals surface area contributed by atoms with Crippen molar-refractivity contribution in [2.45, 2.75) is 96.7 Å². The van der Waals surface area contributed by atoms with Crippen molar-refractivity contribution >= 4 is 17.5 Å². The molecule has 0 radical (unpaired) electrons. The predicted octanol–water partition coefficient (Wildman–Crippen LogP) is 4.08. The molecule has 4 rings (SSSR count). The third kappa shape index (κ3) is 3.81. The number of carbonyl (C=O) groups is 3. The van der Waals surface area contributed by atoms with E-state index >= 15 is 0 Å². The molecule has 3 saturated carbocycles. The molecule has 0 saturated heterocycles. The molecule has 4 aliphatic carbocycles. The smallest absolute Gasteiger partial charge is 0.306 e. The number of unbranched alkanes of at least 4 members (excludes halogenated alkanes) is 3. The van der Waals surface area contributed by atoms with Crippen molar-refractivity contribution in [1.29, 1.82) is 0 Å². The summed E-state index contributed by atoms with van der Waals surface area (Å²) in [6, 6.07) is 0. The molecular formula is C28H40O6. The minimum Gasteiger partial charge on any atom is -0.450 e. The van der Waals surface area contributed by atoms with E-state index in [9.17, 15) is 24.6 Å². The van der Waals surface area contributed by atoms with E-state index in [0.717, 1.165) is 50.5 Å². The van der Waals surface area contributed by atoms with Gasteiger partial charge in [-0.3, -0.25) is 14.4 Å². The van der Waals surface area contributed by atoms with Crippen molar-refractivity contribution in [1.82, 2.24) is 0 Å². The molecule has 0 aromatic heterocycles. The van der Waals surface area contributed by atoms with E-state index in [1.165, 1.54) is 0 Å². The number of hydrogen-bond donors (Lipinski definition) is 2. The summed E-state index contributed by atoms with van der Waals surface area (Å²) in [7, 11) is 0. The van der Waals surface area contributed by atoms with Crippen LogP contribution in [0.3, 0.4) is 0 Å². The molecule has 0 aromatic carbocycles. The first kappa shape index (κ1) is 25.3. The van der Waals surface area contributed by atoms with E-state index in [1.807, 2.05) is 13.0 Å². The molecule has 6 nitrogen and oxygen atoms in total. The average molecular weight is 473 g/mol. The zero-order valence-electron chi connectivity index (χ0n) is 20.8. The topological polar surface area (TPSA) is 101 Å². The van der Waals surface area contributed by atoms with Crippen LogP contribution in [0, 0.1) is 28.6 Å². The highest BCUT2D eigenvalue weighted by Crippen LogP contribution is 2.67. The predicted molar refractivity (Wildman–Crippen MR) is 128 cm³/mol. The van der Waals surface area contributed by atoms with Crippen molar-refractivity contribution in [3.63, 3.8) is 0 Å². The van der Waals surface area contributed by atoms with E-state index in [0.29, 0.717) is 12.8 Å². The van der Waals surface area contributed by atoms with E-state index in [4.69, 9.17) is 4.74 Å². The normalized spacial score (nSPS) is 40.7. The molecule has 0 bridgehead atoms. The first-order valence-corrected chi connectivity index (χ1v) is 13.1. The van der Waals surface area contributed by atoms with Crippen LogP contribution in [0.4, 0.5) is 0 Å². The molecule has 2 N–H and O–H groups in total. The van der Waals surface area contributed by atoms with Gasteiger partial charge in [-0.1, -0.05) is 51.7 Å². The minimum absolute atomic E-state index is 0.000312. The molecule has 0 spiro atoms. The second kappa shape index (κ2) is 9.34. The van der Waals surface area contributed by atoms with E-state index in [2.05, 4.69) is 13.8 Å². The molecule has 188 valence electrons. The molecular weight excluding hydrogens is 432 g/mol. The van der Waals surface area contributed by atoms with Gasteiger partial charge in [-0.05, 0) is 62.5 Å². The fraction of sp³-hybridized carbons (Fsp3) is 0.750. The molecule has 7 atom stereocenters. The Labute approximate surface area is 202 Å². The number of aliphatic hydroxyl groups excluding tert-OH is 2. The number of rotatable bonds is 8. The highest BCUT2D eigenvalue weighted by atomic mass is 16.6. The van der Waals surface area contributed by atoms with Gasteiger partial charge < -0.3 is 14.9 Å². The van der Waals surface area contributed by atoms with Crippen molar-refractivity contribution < 1.29 is 29.3 Å². The van der Waals surface area contributed by atoms with Crippen LogP contribution in [0.1, 0.15) is 85.0 Å². The van der Waals surface area contributed by atoms with Crippen LogP contribution in [0.2, 0.25) is 0 Å². The summed E-state index contributed by atoms with van der Waals surface area (Å²) < 4.78 is 6.05. The van der Waals surface area contributed by atoms with Crippen LogP contribution in [0.15, 0.2) is 23.8 Å². The highest BCUT2D eigenvalue weighted by Gasteiger charge is 2.70. The maximum Gasteiger partial charge on any atom is 0.306 e. The van der Waals surface area contributed by atoms with Crippen LogP contribution >= 0.6 is 0 Å². The number of esters is 1. The average Bonchev–Trinajstić information content (AvgIpc) is 3.08. The second-order valence-corrected chi connectivity index (χ2v) is 11.4. The fourth-order valence-corrected chi connectivity index (χ4v) is 8.07. The molecule has 3 fully saturated rings. The number of carbonyl (C=O) groups excluding carboxylic acids is 3. The number of allylic oxidation sites excluding steroid dienone is 4. The van der Waals surface area contributed by atoms with Crippen molar-refractivity contribution in [2.75, 3.05) is 6.61 Å². The van der Waals surface area contributed by atoms with E-state index < -0.39 is 29.5 Å². The van der Waals surface area contributed by atoms with Crippen molar-refractivity contribution in [3.05, 3.63) is 23.8 Å².